The van der Waals surface area contributed by atoms with Gasteiger partial charge in [-0.1, -0.05) is 11.8 Å². The third kappa shape index (κ3) is 5.05. The molecule has 29 heavy (non-hydrogen) atoms. The number of thioether (sulfide) groups is 1. The van der Waals surface area contributed by atoms with Crippen LogP contribution in [0.15, 0.2) is 52.1 Å². The molecule has 0 spiro atoms. The molecule has 1 aromatic heterocycles. The van der Waals surface area contributed by atoms with Crippen LogP contribution in [0.3, 0.4) is 0 Å². The molecule has 1 heterocycles. The first-order chi connectivity index (χ1) is 14.0. The zero-order chi connectivity index (χ0) is 20.8. The van der Waals surface area contributed by atoms with Gasteiger partial charge in [0.1, 0.15) is 11.5 Å². The van der Waals surface area contributed by atoms with E-state index in [4.69, 9.17) is 19.6 Å². The van der Waals surface area contributed by atoms with E-state index in [9.17, 15) is 9.59 Å². The second-order valence-electron chi connectivity index (χ2n) is 5.72. The molecule has 10 heteroatoms. The van der Waals surface area contributed by atoms with Crippen LogP contribution in [0.25, 0.3) is 11.5 Å². The number of ether oxygens (including phenoxy) is 2. The Kier molecular flexibility index (Phi) is 6.35. The van der Waals surface area contributed by atoms with Crippen molar-refractivity contribution < 1.29 is 23.5 Å². The molecule has 9 nitrogen and oxygen atoms in total. The number of anilines is 1. The van der Waals surface area contributed by atoms with E-state index in [-0.39, 0.29) is 22.8 Å². The average Bonchev–Trinajstić information content (AvgIpc) is 3.21. The number of amides is 2. The largest absolute Gasteiger partial charge is 0.497 e. The molecule has 3 N–H and O–H groups in total. The van der Waals surface area contributed by atoms with Crippen LogP contribution in [0.2, 0.25) is 0 Å². The van der Waals surface area contributed by atoms with Crippen LogP contribution in [0.1, 0.15) is 10.4 Å². The van der Waals surface area contributed by atoms with Gasteiger partial charge in [-0.05, 0) is 36.4 Å². The van der Waals surface area contributed by atoms with Gasteiger partial charge in [0.2, 0.25) is 11.8 Å². The first kappa shape index (κ1) is 20.2. The van der Waals surface area contributed by atoms with Gasteiger partial charge < -0.3 is 24.9 Å². The lowest BCUT2D eigenvalue weighted by atomic mass is 10.2. The fraction of sp³-hybridized carbons (Fsp3) is 0.158. The highest BCUT2D eigenvalue weighted by Crippen LogP contribution is 2.33. The minimum atomic E-state index is -0.529. The highest BCUT2D eigenvalue weighted by Gasteiger charge is 2.16. The molecule has 2 aromatic carbocycles. The second kappa shape index (κ2) is 9.11. The van der Waals surface area contributed by atoms with E-state index in [1.54, 1.807) is 37.4 Å². The summed E-state index contributed by atoms with van der Waals surface area (Å²) in [7, 11) is 3.09. The van der Waals surface area contributed by atoms with Crippen LogP contribution in [0.4, 0.5) is 5.69 Å². The van der Waals surface area contributed by atoms with Crippen LogP contribution in [-0.2, 0) is 4.79 Å². The van der Waals surface area contributed by atoms with Crippen molar-refractivity contribution in [1.82, 2.24) is 10.2 Å². The summed E-state index contributed by atoms with van der Waals surface area (Å²) in [6, 6.07) is 11.5. The summed E-state index contributed by atoms with van der Waals surface area (Å²) in [4.78, 5) is 23.2. The molecule has 0 radical (unpaired) electrons. The molecule has 3 rings (SSSR count). The Morgan fingerprint density at radius 2 is 1.86 bits per heavy atom. The zero-order valence-corrected chi connectivity index (χ0v) is 16.5. The maximum atomic E-state index is 12.1. The van der Waals surface area contributed by atoms with E-state index >= 15 is 0 Å². The van der Waals surface area contributed by atoms with Gasteiger partial charge in [-0.3, -0.25) is 9.59 Å². The second-order valence-corrected chi connectivity index (χ2v) is 6.64. The van der Waals surface area contributed by atoms with Crippen molar-refractivity contribution in [2.24, 2.45) is 5.73 Å². The number of methoxy groups -OCH3 is 2. The Hall–Kier alpha value is -3.53. The van der Waals surface area contributed by atoms with E-state index in [1.165, 1.54) is 19.2 Å². The molecule has 0 aliphatic heterocycles. The maximum absolute atomic E-state index is 12.1. The summed E-state index contributed by atoms with van der Waals surface area (Å²) in [6.45, 7) is 0. The lowest BCUT2D eigenvalue weighted by Crippen LogP contribution is -2.15. The van der Waals surface area contributed by atoms with Gasteiger partial charge in [0.05, 0.1) is 25.5 Å². The molecule has 0 unspecified atom stereocenters. The number of aromatic nitrogens is 2. The van der Waals surface area contributed by atoms with E-state index < -0.39 is 5.91 Å². The molecule has 0 saturated heterocycles. The highest BCUT2D eigenvalue weighted by molar-refractivity contribution is 7.99. The number of nitrogens with one attached hydrogen (secondary N) is 1. The Labute approximate surface area is 170 Å². The standard InChI is InChI=1S/C19H18N4O5S/c1-26-13-7-8-14(15(9-13)27-2)18-22-23-19(28-18)29-10-16(24)21-12-5-3-11(4-6-12)17(20)25/h3-9H,10H2,1-2H3,(H2,20,25)(H,21,24). The fourth-order valence-electron chi connectivity index (χ4n) is 2.39. The molecule has 0 atom stereocenters. The Bertz CT molecular complexity index is 1020. The van der Waals surface area contributed by atoms with Gasteiger partial charge in [0.15, 0.2) is 0 Å². The number of hydrogen-bond donors (Lipinski definition) is 2. The Balaban J connectivity index is 1.60. The molecule has 150 valence electrons. The van der Waals surface area contributed by atoms with Crippen molar-refractivity contribution in [1.29, 1.82) is 0 Å². The van der Waals surface area contributed by atoms with Crippen molar-refractivity contribution in [2.45, 2.75) is 5.22 Å². The minimum Gasteiger partial charge on any atom is -0.497 e. The summed E-state index contributed by atoms with van der Waals surface area (Å²) < 4.78 is 16.1. The van der Waals surface area contributed by atoms with E-state index in [0.29, 0.717) is 28.3 Å². The normalized spacial score (nSPS) is 10.4. The van der Waals surface area contributed by atoms with Gasteiger partial charge >= 0.3 is 0 Å². The summed E-state index contributed by atoms with van der Waals surface area (Å²) >= 11 is 1.10. The van der Waals surface area contributed by atoms with Gasteiger partial charge in [-0.2, -0.15) is 0 Å². The molecule has 0 bridgehead atoms. The quantitative estimate of drug-likeness (QED) is 0.538. The van der Waals surface area contributed by atoms with Crippen molar-refractivity contribution in [3.63, 3.8) is 0 Å². The number of primary amides is 1. The molecular formula is C19H18N4O5S. The predicted molar refractivity (Wildman–Crippen MR) is 107 cm³/mol. The molecule has 0 fully saturated rings. The lowest BCUT2D eigenvalue weighted by Gasteiger charge is -2.07. The summed E-state index contributed by atoms with van der Waals surface area (Å²) in [5.74, 6) is 0.720. The number of nitrogens with zero attached hydrogens (tertiary/aromatic N) is 2. The van der Waals surface area contributed by atoms with E-state index in [0.717, 1.165) is 11.8 Å². The number of benzene rings is 2. The molecule has 0 aliphatic carbocycles. The number of carbonyl (C=O) groups excluding carboxylic acids is 2. The van der Waals surface area contributed by atoms with Crippen LogP contribution in [0, 0.1) is 0 Å². The number of carbonyl (C=O) groups is 2. The topological polar surface area (TPSA) is 130 Å². The lowest BCUT2D eigenvalue weighted by molar-refractivity contribution is -0.113. The van der Waals surface area contributed by atoms with Crippen LogP contribution >= 0.6 is 11.8 Å². The van der Waals surface area contributed by atoms with Gasteiger partial charge in [0, 0.05) is 17.3 Å². The van der Waals surface area contributed by atoms with Crippen molar-refractivity contribution in [3.8, 4) is 23.0 Å². The predicted octanol–water partition coefficient (Wildman–Crippen LogP) is 2.58. The van der Waals surface area contributed by atoms with Crippen molar-refractivity contribution in [3.05, 3.63) is 48.0 Å². The summed E-state index contributed by atoms with van der Waals surface area (Å²) in [5.41, 5.74) is 6.72. The zero-order valence-electron chi connectivity index (χ0n) is 15.7. The molecule has 2 amide bonds. The molecule has 3 aromatic rings. The van der Waals surface area contributed by atoms with Gasteiger partial charge in [0.25, 0.3) is 11.1 Å². The van der Waals surface area contributed by atoms with Gasteiger partial charge in [-0.15, -0.1) is 10.2 Å². The minimum absolute atomic E-state index is 0.0684. The SMILES string of the molecule is COc1ccc(-c2nnc(SCC(=O)Nc3ccc(C(N)=O)cc3)o2)c(OC)c1. The first-order valence-electron chi connectivity index (χ1n) is 8.38. The van der Waals surface area contributed by atoms with Crippen LogP contribution in [0.5, 0.6) is 11.5 Å². The smallest absolute Gasteiger partial charge is 0.277 e. The van der Waals surface area contributed by atoms with Crippen molar-refractivity contribution in [2.75, 3.05) is 25.3 Å². The summed E-state index contributed by atoms with van der Waals surface area (Å²) in [6.07, 6.45) is 0. The third-order valence-corrected chi connectivity index (χ3v) is 4.64. The van der Waals surface area contributed by atoms with Crippen molar-refractivity contribution >= 4 is 29.3 Å². The first-order valence-corrected chi connectivity index (χ1v) is 9.37. The number of rotatable bonds is 8. The number of hydrogen-bond acceptors (Lipinski definition) is 8. The highest BCUT2D eigenvalue weighted by atomic mass is 32.2. The molecule has 0 saturated carbocycles. The third-order valence-electron chi connectivity index (χ3n) is 3.83. The molecule has 0 aliphatic rings. The van der Waals surface area contributed by atoms with Crippen LogP contribution < -0.4 is 20.5 Å². The molecular weight excluding hydrogens is 396 g/mol. The monoisotopic (exact) mass is 414 g/mol. The number of nitrogens with two attached hydrogens (primary N) is 1. The van der Waals surface area contributed by atoms with Gasteiger partial charge in [-0.25, -0.2) is 0 Å². The summed E-state index contributed by atoms with van der Waals surface area (Å²) in [5, 5.41) is 10.9. The fourth-order valence-corrected chi connectivity index (χ4v) is 2.96. The van der Waals surface area contributed by atoms with E-state index in [2.05, 4.69) is 15.5 Å². The maximum Gasteiger partial charge on any atom is 0.277 e. The average molecular weight is 414 g/mol. The van der Waals surface area contributed by atoms with E-state index in [1.807, 2.05) is 0 Å². The Morgan fingerprint density at radius 1 is 1.10 bits per heavy atom. The van der Waals surface area contributed by atoms with Crippen LogP contribution in [-0.4, -0.2) is 42.0 Å². The Morgan fingerprint density at radius 3 is 2.52 bits per heavy atom.